The second kappa shape index (κ2) is 10.1. The van der Waals surface area contributed by atoms with Crippen molar-refractivity contribution in [3.8, 4) is 5.75 Å². The lowest BCUT2D eigenvalue weighted by Gasteiger charge is -2.45. The van der Waals surface area contributed by atoms with Crippen molar-refractivity contribution in [2.45, 2.75) is 56.8 Å². The van der Waals surface area contributed by atoms with Crippen LogP contribution < -0.4 is 15.2 Å². The summed E-state index contributed by atoms with van der Waals surface area (Å²) in [6.07, 6.45) is 2.19. The van der Waals surface area contributed by atoms with E-state index in [0.717, 1.165) is 16.9 Å². The Morgan fingerprint density at radius 1 is 1.03 bits per heavy atom. The highest BCUT2D eigenvalue weighted by molar-refractivity contribution is 7.98. The molecule has 0 spiro atoms. The van der Waals surface area contributed by atoms with E-state index in [0.29, 0.717) is 13.1 Å². The Bertz CT molecular complexity index is 1370. The number of hydrogen-bond donors (Lipinski definition) is 0. The zero-order valence-electron chi connectivity index (χ0n) is 21.5. The summed E-state index contributed by atoms with van der Waals surface area (Å²) in [7, 11) is 0. The van der Waals surface area contributed by atoms with Crippen molar-refractivity contribution in [2.24, 2.45) is 5.92 Å². The first-order valence-electron chi connectivity index (χ1n) is 12.7. The van der Waals surface area contributed by atoms with Crippen LogP contribution in [0, 0.1) is 5.92 Å². The van der Waals surface area contributed by atoms with Crippen molar-refractivity contribution in [3.63, 3.8) is 0 Å². The van der Waals surface area contributed by atoms with E-state index in [1.54, 1.807) is 34.5 Å². The number of benzene rings is 2. The Morgan fingerprint density at radius 3 is 2.46 bits per heavy atom. The summed E-state index contributed by atoms with van der Waals surface area (Å²) >= 11 is 1.79. The molecule has 0 saturated heterocycles. The lowest BCUT2D eigenvalue weighted by atomic mass is 9.94. The van der Waals surface area contributed by atoms with Crippen LogP contribution in [0.1, 0.15) is 67.3 Å². The number of amides is 1. The van der Waals surface area contributed by atoms with E-state index >= 15 is 0 Å². The minimum atomic E-state index is -0.517. The van der Waals surface area contributed by atoms with Crippen LogP contribution in [0.2, 0.25) is 0 Å². The van der Waals surface area contributed by atoms with E-state index in [4.69, 9.17) is 4.74 Å². The third kappa shape index (κ3) is 4.44. The number of carbonyl (C=O) groups excluding carboxylic acids is 2. The highest BCUT2D eigenvalue weighted by Crippen LogP contribution is 2.43. The molecular weight excluding hydrogens is 486 g/mol. The molecule has 5 rings (SSSR count). The first-order chi connectivity index (χ1) is 17.8. The van der Waals surface area contributed by atoms with Crippen molar-refractivity contribution in [3.05, 3.63) is 93.4 Å². The minimum Gasteiger partial charge on any atom is -0.420 e. The van der Waals surface area contributed by atoms with E-state index in [1.807, 2.05) is 45.0 Å². The maximum atomic E-state index is 13.8. The monoisotopic (exact) mass is 517 g/mol. The molecule has 2 atom stereocenters. The van der Waals surface area contributed by atoms with Crippen molar-refractivity contribution < 1.29 is 14.3 Å². The Labute approximate surface area is 221 Å². The second-order valence-corrected chi connectivity index (χ2v) is 10.8. The van der Waals surface area contributed by atoms with Gasteiger partial charge in [0.25, 0.3) is 5.91 Å². The molecular formula is C29H31N3O4S. The maximum Gasteiger partial charge on any atom is 0.314 e. The normalized spacial score (nSPS) is 17.5. The van der Waals surface area contributed by atoms with Crippen LogP contribution >= 0.6 is 11.8 Å². The largest absolute Gasteiger partial charge is 0.420 e. The molecule has 2 aliphatic heterocycles. The molecule has 1 unspecified atom stereocenters. The average molecular weight is 518 g/mol. The molecule has 8 heteroatoms. The second-order valence-electron chi connectivity index (χ2n) is 9.81. The van der Waals surface area contributed by atoms with Crippen LogP contribution in [-0.2, 0) is 10.5 Å². The molecule has 7 nitrogen and oxygen atoms in total. The van der Waals surface area contributed by atoms with Gasteiger partial charge in [-0.15, -0.1) is 11.8 Å². The van der Waals surface area contributed by atoms with Gasteiger partial charge in [0.2, 0.25) is 11.2 Å². The highest BCUT2D eigenvalue weighted by atomic mass is 32.2. The fourth-order valence-corrected chi connectivity index (χ4v) is 5.92. The minimum absolute atomic E-state index is 0.0796. The van der Waals surface area contributed by atoms with Crippen LogP contribution in [0.15, 0.2) is 70.5 Å². The summed E-state index contributed by atoms with van der Waals surface area (Å²) in [5, 5.41) is 2.10. The van der Waals surface area contributed by atoms with Gasteiger partial charge in [-0.05, 0) is 43.0 Å². The van der Waals surface area contributed by atoms with Crippen molar-refractivity contribution in [1.82, 2.24) is 9.58 Å². The molecule has 2 aromatic carbocycles. The van der Waals surface area contributed by atoms with Crippen LogP contribution in [0.4, 0.5) is 0 Å². The third-order valence-corrected chi connectivity index (χ3v) is 8.30. The molecule has 3 heterocycles. The summed E-state index contributed by atoms with van der Waals surface area (Å²) in [4.78, 5) is 42.4. The number of aromatic nitrogens is 1. The molecule has 0 N–H and O–H groups in total. The molecule has 0 fully saturated rings. The van der Waals surface area contributed by atoms with Gasteiger partial charge in [-0.1, -0.05) is 56.3 Å². The van der Waals surface area contributed by atoms with Crippen LogP contribution in [0.3, 0.4) is 0 Å². The van der Waals surface area contributed by atoms with Gasteiger partial charge >= 0.3 is 5.97 Å². The quantitative estimate of drug-likeness (QED) is 0.446. The lowest BCUT2D eigenvalue weighted by Crippen LogP contribution is -2.57. The van der Waals surface area contributed by atoms with Crippen LogP contribution in [0.25, 0.3) is 0 Å². The molecule has 1 amide bonds. The zero-order valence-corrected chi connectivity index (χ0v) is 22.3. The first-order valence-corrected chi connectivity index (χ1v) is 13.6. The van der Waals surface area contributed by atoms with E-state index in [1.165, 1.54) is 16.5 Å². The predicted molar refractivity (Wildman–Crippen MR) is 144 cm³/mol. The number of fused-ring (bicyclic) bond motifs is 3. The van der Waals surface area contributed by atoms with Gasteiger partial charge in [-0.3, -0.25) is 24.1 Å². The molecule has 0 saturated carbocycles. The summed E-state index contributed by atoms with van der Waals surface area (Å²) in [5.74, 6) is -0.623. The van der Waals surface area contributed by atoms with E-state index in [9.17, 15) is 14.4 Å². The van der Waals surface area contributed by atoms with Crippen molar-refractivity contribution in [1.29, 1.82) is 0 Å². The number of nitrogens with zero attached hydrogens (tertiary/aromatic N) is 3. The summed E-state index contributed by atoms with van der Waals surface area (Å²) in [6, 6.07) is 17.7. The van der Waals surface area contributed by atoms with Gasteiger partial charge in [-0.2, -0.15) is 0 Å². The van der Waals surface area contributed by atoms with E-state index in [2.05, 4.69) is 29.3 Å². The number of rotatable bonds is 5. The molecule has 3 aromatic rings. The van der Waals surface area contributed by atoms with Gasteiger partial charge in [0, 0.05) is 29.0 Å². The van der Waals surface area contributed by atoms with Crippen LogP contribution in [0.5, 0.6) is 5.75 Å². The Balaban J connectivity index is 1.75. The topological polar surface area (TPSA) is 71.8 Å². The van der Waals surface area contributed by atoms with E-state index in [-0.39, 0.29) is 29.4 Å². The zero-order chi connectivity index (χ0) is 26.3. The number of carbonyl (C=O) groups is 2. The van der Waals surface area contributed by atoms with Crippen molar-refractivity contribution in [2.75, 3.05) is 11.7 Å². The molecule has 1 aromatic heterocycles. The van der Waals surface area contributed by atoms with E-state index < -0.39 is 17.3 Å². The molecule has 0 radical (unpaired) electrons. The van der Waals surface area contributed by atoms with Crippen LogP contribution in [-0.4, -0.2) is 34.2 Å². The SMILES string of the molecule is CC[C@H](C)C(=O)Oc1c2n(ccc1=O)N(C1c3ccccc3CSc3ccccc31)CN(C(C)C)C2=O. The Morgan fingerprint density at radius 2 is 1.73 bits per heavy atom. The Kier molecular flexibility index (Phi) is 6.86. The molecule has 37 heavy (non-hydrogen) atoms. The highest BCUT2D eigenvalue weighted by Gasteiger charge is 2.40. The molecule has 2 aliphatic rings. The summed E-state index contributed by atoms with van der Waals surface area (Å²) < 4.78 is 7.36. The summed E-state index contributed by atoms with van der Waals surface area (Å²) in [6.45, 7) is 7.83. The number of ether oxygens (including phenoxy) is 1. The molecule has 192 valence electrons. The molecule has 0 bridgehead atoms. The number of esters is 1. The van der Waals surface area contributed by atoms with Gasteiger partial charge in [-0.25, -0.2) is 0 Å². The first kappa shape index (κ1) is 25.1. The van der Waals surface area contributed by atoms with Gasteiger partial charge in [0.1, 0.15) is 6.67 Å². The van der Waals surface area contributed by atoms with Gasteiger partial charge in [0.15, 0.2) is 5.69 Å². The molecule has 0 aliphatic carbocycles. The van der Waals surface area contributed by atoms with Crippen molar-refractivity contribution >= 4 is 23.6 Å². The average Bonchev–Trinajstić information content (AvgIpc) is 3.06. The maximum absolute atomic E-state index is 13.8. The lowest BCUT2D eigenvalue weighted by molar-refractivity contribution is -0.138. The fraction of sp³-hybridized carbons (Fsp3) is 0.345. The smallest absolute Gasteiger partial charge is 0.314 e. The standard InChI is InChI=1S/C29H31N3O4S/c1-5-19(4)29(35)36-27-23(33)14-15-31-26(27)28(34)30(18(2)3)17-32(31)25-21-11-7-6-10-20(21)16-37-24-13-9-8-12-22(24)25/h6-15,18-19,25H,5,16-17H2,1-4H3/t19-,25?/m0/s1. The van der Waals surface area contributed by atoms with Gasteiger partial charge in [0.05, 0.1) is 12.0 Å². The van der Waals surface area contributed by atoms with Gasteiger partial charge < -0.3 is 9.64 Å². The number of hydrogen-bond acceptors (Lipinski definition) is 6. The fourth-order valence-electron chi connectivity index (χ4n) is 4.83. The third-order valence-electron chi connectivity index (χ3n) is 7.16. The number of pyridine rings is 1. The predicted octanol–water partition coefficient (Wildman–Crippen LogP) is 4.95. The Hall–Kier alpha value is -3.52. The number of thioether (sulfide) groups is 1. The summed E-state index contributed by atoms with van der Waals surface area (Å²) in [5.41, 5.74) is 3.07.